The van der Waals surface area contributed by atoms with Crippen LogP contribution in [-0.4, -0.2) is 92.2 Å². The van der Waals surface area contributed by atoms with E-state index in [2.05, 4.69) is 10.1 Å². The Balaban J connectivity index is -0.000000292. The fourth-order valence-corrected chi connectivity index (χ4v) is 1.60. The maximum atomic E-state index is 10.6. The molecule has 0 heterocycles. The summed E-state index contributed by atoms with van der Waals surface area (Å²) >= 11 is 0. The van der Waals surface area contributed by atoms with Gasteiger partial charge in [-0.05, 0) is 34.9 Å². The second kappa shape index (κ2) is 17.5. The minimum Gasteiger partial charge on any atom is -0.858 e. The average Bonchev–Trinajstić information content (AvgIpc) is 3.22. The lowest BCUT2D eigenvalue weighted by molar-refractivity contribution is -0.901. The average molecular weight is 363 g/mol. The molecule has 8 nitrogen and oxygen atoms in total. The Hall–Kier alpha value is -1.31. The van der Waals surface area contributed by atoms with E-state index < -0.39 is 6.10 Å². The summed E-state index contributed by atoms with van der Waals surface area (Å²) in [7, 11) is 8.80. The Kier molecular flexibility index (Phi) is 20.0. The van der Waals surface area contributed by atoms with E-state index in [9.17, 15) is 5.11 Å². The molecule has 2 atom stereocenters. The molecule has 0 bridgehead atoms. The third-order valence-corrected chi connectivity index (χ3v) is 2.20. The van der Waals surface area contributed by atoms with Gasteiger partial charge in [0.05, 0.1) is 20.2 Å². The van der Waals surface area contributed by atoms with Gasteiger partial charge in [-0.15, -0.1) is 5.10 Å². The summed E-state index contributed by atoms with van der Waals surface area (Å²) in [5, 5.41) is 32.1. The van der Waals surface area contributed by atoms with Crippen LogP contribution < -0.4 is 5.11 Å². The topological polar surface area (TPSA) is 109 Å². The molecule has 1 fully saturated rings. The van der Waals surface area contributed by atoms with Gasteiger partial charge in [-0.1, -0.05) is 19.3 Å². The number of hydrogen-bond donors (Lipinski definition) is 2. The number of aliphatic hydroxyl groups is 2. The van der Waals surface area contributed by atoms with Gasteiger partial charge in [0.25, 0.3) is 0 Å². The van der Waals surface area contributed by atoms with Gasteiger partial charge in [0, 0.05) is 19.5 Å². The highest BCUT2D eigenvalue weighted by Gasteiger charge is 2.15. The second-order valence-corrected chi connectivity index (χ2v) is 6.76. The van der Waals surface area contributed by atoms with Crippen molar-refractivity contribution in [1.29, 1.82) is 0 Å². The molecule has 0 aromatic heterocycles. The Morgan fingerprint density at radius 2 is 1.60 bits per heavy atom. The molecule has 2 N–H and O–H groups in total. The van der Waals surface area contributed by atoms with E-state index in [1.165, 1.54) is 39.3 Å². The Morgan fingerprint density at radius 3 is 1.72 bits per heavy atom. The number of likely N-dealkylation sites (N-methyl/N-ethyl adjacent to an activating group) is 2. The van der Waals surface area contributed by atoms with E-state index in [0.29, 0.717) is 6.54 Å². The first kappa shape index (κ1) is 28.5. The summed E-state index contributed by atoms with van der Waals surface area (Å²) in [4.78, 5) is 13.8. The molecule has 1 aliphatic carbocycles. The van der Waals surface area contributed by atoms with Crippen LogP contribution in [0.15, 0.2) is 10.1 Å². The fraction of sp³-hybridized carbons (Fsp3) is 0.882. The summed E-state index contributed by atoms with van der Waals surface area (Å²) in [5.41, 5.74) is 0. The second-order valence-electron chi connectivity index (χ2n) is 6.76. The third-order valence-electron chi connectivity index (χ3n) is 2.20. The van der Waals surface area contributed by atoms with E-state index in [0.717, 1.165) is 6.54 Å². The predicted molar refractivity (Wildman–Crippen MR) is 99.9 cm³/mol. The zero-order valence-corrected chi connectivity index (χ0v) is 17.2. The maximum absolute atomic E-state index is 10.6. The van der Waals surface area contributed by atoms with Gasteiger partial charge in [0.1, 0.15) is 12.6 Å². The van der Waals surface area contributed by atoms with E-state index in [-0.39, 0.29) is 16.6 Å². The first-order valence-electron chi connectivity index (χ1n) is 8.41. The zero-order chi connectivity index (χ0) is 20.5. The number of aliphatic imine (C=N–C) groups is 1. The third kappa shape index (κ3) is 45.0. The summed E-state index contributed by atoms with van der Waals surface area (Å²) in [5.74, 6) is -0.212. The highest BCUT2D eigenvalue weighted by atomic mass is 16.3. The van der Waals surface area contributed by atoms with Crippen LogP contribution >= 0.6 is 0 Å². The van der Waals surface area contributed by atoms with E-state index in [1.54, 1.807) is 27.9 Å². The van der Waals surface area contributed by atoms with Gasteiger partial charge in [0.15, 0.2) is 0 Å². The standard InChI is InChI=1S/C7H16N2O2.C5H13NO.C3H6.C2H3NO/c1-6(10)5-9(3,4)8-7(2)11;1-5(7)4-6(2)3;1-2-3-1;1-3-2-4/h6,10H,5H2,1-4H3;5,7H,4H2,1-3H3;1-3H2;1H3. The van der Waals surface area contributed by atoms with Crippen LogP contribution in [0.4, 0.5) is 0 Å². The van der Waals surface area contributed by atoms with Crippen LogP contribution in [-0.2, 0) is 4.79 Å². The van der Waals surface area contributed by atoms with Crippen molar-refractivity contribution in [3.63, 3.8) is 0 Å². The molecule has 25 heavy (non-hydrogen) atoms. The number of quaternary nitrogens is 1. The number of carbonyl (C=O) groups excluding carboxylic acids is 1. The molecule has 0 aromatic carbocycles. The van der Waals surface area contributed by atoms with Gasteiger partial charge in [-0.3, -0.25) is 0 Å². The fourth-order valence-electron chi connectivity index (χ4n) is 1.60. The van der Waals surface area contributed by atoms with Crippen LogP contribution in [0, 0.1) is 0 Å². The molecular weight excluding hydrogens is 324 g/mol. The molecule has 0 aliphatic heterocycles. The molecule has 0 amide bonds. The summed E-state index contributed by atoms with van der Waals surface area (Å²) < 4.78 is 0.188. The van der Waals surface area contributed by atoms with Crippen LogP contribution in [0.1, 0.15) is 40.0 Å². The van der Waals surface area contributed by atoms with Crippen LogP contribution in [0.3, 0.4) is 0 Å². The van der Waals surface area contributed by atoms with Crippen molar-refractivity contribution in [3.8, 4) is 0 Å². The van der Waals surface area contributed by atoms with Crippen molar-refractivity contribution >= 4 is 12.0 Å². The van der Waals surface area contributed by atoms with Gasteiger partial charge < -0.3 is 20.2 Å². The predicted octanol–water partition coefficient (Wildman–Crippen LogP) is 0.188. The molecule has 2 unspecified atom stereocenters. The van der Waals surface area contributed by atoms with Crippen molar-refractivity contribution in [1.82, 2.24) is 4.90 Å². The van der Waals surface area contributed by atoms with E-state index >= 15 is 0 Å². The lowest BCUT2D eigenvalue weighted by atomic mass is 10.4. The van der Waals surface area contributed by atoms with Crippen molar-refractivity contribution in [2.24, 2.45) is 10.1 Å². The van der Waals surface area contributed by atoms with Crippen LogP contribution in [0.5, 0.6) is 0 Å². The molecule has 8 heteroatoms. The SMILES string of the molecule is C1CC1.CC(O)CN(C)C.CC([O-])=N[N+](C)(C)CC(C)O.CN=C=O. The first-order chi connectivity index (χ1) is 11.4. The van der Waals surface area contributed by atoms with Gasteiger partial charge in [0.2, 0.25) is 6.08 Å². The normalized spacial score (nSPS) is 15.1. The monoisotopic (exact) mass is 362 g/mol. The molecular formula is C17H38N4O4. The zero-order valence-electron chi connectivity index (χ0n) is 17.2. The van der Waals surface area contributed by atoms with Crippen molar-refractivity contribution in [2.75, 3.05) is 48.3 Å². The lowest BCUT2D eigenvalue weighted by Gasteiger charge is -2.25. The number of aliphatic hydroxyl groups excluding tert-OH is 2. The van der Waals surface area contributed by atoms with Gasteiger partial charge >= 0.3 is 0 Å². The number of nitrogens with zero attached hydrogens (tertiary/aromatic N) is 4. The summed E-state index contributed by atoms with van der Waals surface area (Å²) in [6.07, 6.45) is 5.17. The molecule has 0 spiro atoms. The summed E-state index contributed by atoms with van der Waals surface area (Å²) in [6.45, 7) is 6.07. The molecule has 150 valence electrons. The molecule has 0 saturated heterocycles. The van der Waals surface area contributed by atoms with E-state index in [4.69, 9.17) is 15.0 Å². The minimum atomic E-state index is -0.437. The highest BCUT2D eigenvalue weighted by Crippen LogP contribution is 2.14. The Bertz CT molecular complexity index is 362. The number of hydrogen-bond acceptors (Lipinski definition) is 7. The first-order valence-corrected chi connectivity index (χ1v) is 8.41. The largest absolute Gasteiger partial charge is 0.858 e. The van der Waals surface area contributed by atoms with Gasteiger partial charge in [-0.2, -0.15) is 0 Å². The number of isocyanates is 1. The lowest BCUT2D eigenvalue weighted by Crippen LogP contribution is -2.41. The van der Waals surface area contributed by atoms with Crippen molar-refractivity contribution in [3.05, 3.63) is 0 Å². The smallest absolute Gasteiger partial charge is 0.234 e. The molecule has 1 aliphatic rings. The molecule has 1 rings (SSSR count). The quantitative estimate of drug-likeness (QED) is 0.239. The Labute approximate surface area is 153 Å². The van der Waals surface area contributed by atoms with Crippen molar-refractivity contribution in [2.45, 2.75) is 52.2 Å². The van der Waals surface area contributed by atoms with Gasteiger partial charge in [-0.25, -0.2) is 14.4 Å². The Morgan fingerprint density at radius 1 is 1.20 bits per heavy atom. The molecule has 0 aromatic rings. The molecule has 0 radical (unpaired) electrons. The molecule has 1 saturated carbocycles. The maximum Gasteiger partial charge on any atom is 0.234 e. The summed E-state index contributed by atoms with van der Waals surface area (Å²) in [6, 6.07) is 0. The number of rotatable bonds is 5. The van der Waals surface area contributed by atoms with Crippen LogP contribution in [0.25, 0.3) is 0 Å². The minimum absolute atomic E-state index is 0.188. The van der Waals surface area contributed by atoms with Crippen LogP contribution in [0.2, 0.25) is 0 Å². The van der Waals surface area contributed by atoms with E-state index in [1.807, 2.05) is 19.0 Å². The highest BCUT2D eigenvalue weighted by molar-refractivity contribution is 5.67. The van der Waals surface area contributed by atoms with Crippen molar-refractivity contribution < 1.29 is 24.7 Å².